The normalized spacial score (nSPS) is 11.4. The molecule has 0 spiro atoms. The van der Waals surface area contributed by atoms with Crippen molar-refractivity contribution < 1.29 is 4.79 Å². The number of nitrogens with two attached hydrogens (primary N) is 1. The summed E-state index contributed by atoms with van der Waals surface area (Å²) in [4.78, 5) is 11.6. The zero-order valence-corrected chi connectivity index (χ0v) is 11.0. The SMILES string of the molecule is CC(C)(N)C(=O)Nc1c(Cl)cc(Cl)cc1Cl. The third-order valence-electron chi connectivity index (χ3n) is 1.83. The zero-order chi connectivity index (χ0) is 12.5. The third kappa shape index (κ3) is 3.25. The van der Waals surface area contributed by atoms with E-state index in [1.54, 1.807) is 13.8 Å². The van der Waals surface area contributed by atoms with Crippen LogP contribution in [0.4, 0.5) is 5.69 Å². The number of hydrogen-bond donors (Lipinski definition) is 2. The summed E-state index contributed by atoms with van der Waals surface area (Å²) in [5.41, 5.74) is 4.94. The van der Waals surface area contributed by atoms with Gasteiger partial charge in [-0.05, 0) is 26.0 Å². The number of nitrogens with one attached hydrogen (secondary N) is 1. The van der Waals surface area contributed by atoms with Gasteiger partial charge in [-0.15, -0.1) is 0 Å². The Morgan fingerprint density at radius 3 is 2.06 bits per heavy atom. The summed E-state index contributed by atoms with van der Waals surface area (Å²) < 4.78 is 0. The summed E-state index contributed by atoms with van der Waals surface area (Å²) in [5, 5.41) is 3.51. The van der Waals surface area contributed by atoms with Crippen molar-refractivity contribution in [2.75, 3.05) is 5.32 Å². The van der Waals surface area contributed by atoms with Gasteiger partial charge in [-0.1, -0.05) is 34.8 Å². The molecule has 0 aliphatic rings. The van der Waals surface area contributed by atoms with Crippen LogP contribution in [0.5, 0.6) is 0 Å². The second-order valence-corrected chi connectivity index (χ2v) is 5.17. The van der Waals surface area contributed by atoms with Gasteiger partial charge in [0.05, 0.1) is 21.3 Å². The fourth-order valence-corrected chi connectivity index (χ4v) is 1.85. The first-order valence-corrected chi connectivity index (χ1v) is 5.60. The van der Waals surface area contributed by atoms with Crippen molar-refractivity contribution in [1.82, 2.24) is 0 Å². The highest BCUT2D eigenvalue weighted by atomic mass is 35.5. The molecule has 0 aliphatic carbocycles. The van der Waals surface area contributed by atoms with Gasteiger partial charge in [-0.3, -0.25) is 4.79 Å². The summed E-state index contributed by atoms with van der Waals surface area (Å²) in [7, 11) is 0. The molecule has 0 saturated carbocycles. The molecule has 88 valence electrons. The van der Waals surface area contributed by atoms with Crippen molar-refractivity contribution in [1.29, 1.82) is 0 Å². The number of halogens is 3. The molecule has 6 heteroatoms. The lowest BCUT2D eigenvalue weighted by Gasteiger charge is -2.19. The van der Waals surface area contributed by atoms with Crippen molar-refractivity contribution in [2.45, 2.75) is 19.4 Å². The van der Waals surface area contributed by atoms with E-state index in [1.807, 2.05) is 0 Å². The molecular formula is C10H11Cl3N2O. The predicted molar refractivity (Wildman–Crippen MR) is 68.4 cm³/mol. The number of rotatable bonds is 2. The quantitative estimate of drug-likeness (QED) is 0.873. The number of carbonyl (C=O) groups is 1. The lowest BCUT2D eigenvalue weighted by Crippen LogP contribution is -2.45. The van der Waals surface area contributed by atoms with Crippen molar-refractivity contribution >= 4 is 46.4 Å². The van der Waals surface area contributed by atoms with Crippen LogP contribution in [0.3, 0.4) is 0 Å². The number of hydrogen-bond acceptors (Lipinski definition) is 2. The van der Waals surface area contributed by atoms with Crippen LogP contribution < -0.4 is 11.1 Å². The molecule has 0 bridgehead atoms. The number of anilines is 1. The Bertz CT molecular complexity index is 404. The molecule has 0 aliphatic heterocycles. The van der Waals surface area contributed by atoms with Gasteiger partial charge in [0, 0.05) is 5.02 Å². The van der Waals surface area contributed by atoms with Gasteiger partial charge in [-0.2, -0.15) is 0 Å². The Morgan fingerprint density at radius 2 is 1.69 bits per heavy atom. The molecule has 0 atom stereocenters. The summed E-state index contributed by atoms with van der Waals surface area (Å²) >= 11 is 17.6. The van der Waals surface area contributed by atoms with Crippen molar-refractivity contribution in [3.05, 3.63) is 27.2 Å². The number of amides is 1. The van der Waals surface area contributed by atoms with E-state index < -0.39 is 5.54 Å². The van der Waals surface area contributed by atoms with Gasteiger partial charge in [0.1, 0.15) is 0 Å². The summed E-state index contributed by atoms with van der Waals surface area (Å²) in [5.74, 6) is -0.376. The average Bonchev–Trinajstić information content (AvgIpc) is 2.08. The Kier molecular flexibility index (Phi) is 4.07. The van der Waals surface area contributed by atoms with Crippen LogP contribution in [-0.2, 0) is 4.79 Å². The van der Waals surface area contributed by atoms with Crippen LogP contribution >= 0.6 is 34.8 Å². The predicted octanol–water partition coefficient (Wildman–Crippen LogP) is 3.32. The highest BCUT2D eigenvalue weighted by molar-refractivity contribution is 6.42. The molecule has 1 rings (SSSR count). The fraction of sp³-hybridized carbons (Fsp3) is 0.300. The first-order valence-electron chi connectivity index (χ1n) is 4.46. The van der Waals surface area contributed by atoms with Crippen molar-refractivity contribution in [3.8, 4) is 0 Å². The van der Waals surface area contributed by atoms with Gasteiger partial charge in [0.2, 0.25) is 5.91 Å². The highest BCUT2D eigenvalue weighted by Gasteiger charge is 2.23. The van der Waals surface area contributed by atoms with Gasteiger partial charge >= 0.3 is 0 Å². The van der Waals surface area contributed by atoms with E-state index in [9.17, 15) is 4.79 Å². The lowest BCUT2D eigenvalue weighted by molar-refractivity contribution is -0.120. The second-order valence-electron chi connectivity index (χ2n) is 3.92. The largest absolute Gasteiger partial charge is 0.322 e. The summed E-state index contributed by atoms with van der Waals surface area (Å²) in [6, 6.07) is 2.99. The molecule has 1 amide bonds. The Balaban J connectivity index is 3.03. The Morgan fingerprint density at radius 1 is 1.25 bits per heavy atom. The monoisotopic (exact) mass is 280 g/mol. The van der Waals surface area contributed by atoms with E-state index >= 15 is 0 Å². The minimum Gasteiger partial charge on any atom is -0.322 e. The molecule has 1 aromatic carbocycles. The summed E-state index contributed by atoms with van der Waals surface area (Å²) in [6.45, 7) is 3.17. The maximum Gasteiger partial charge on any atom is 0.243 e. The molecule has 0 fully saturated rings. The number of benzene rings is 1. The summed E-state index contributed by atoms with van der Waals surface area (Å²) in [6.07, 6.45) is 0. The van der Waals surface area contributed by atoms with E-state index in [0.717, 1.165) is 0 Å². The topological polar surface area (TPSA) is 55.1 Å². The second kappa shape index (κ2) is 4.80. The van der Waals surface area contributed by atoms with E-state index in [0.29, 0.717) is 10.7 Å². The molecule has 1 aromatic rings. The van der Waals surface area contributed by atoms with Crippen molar-refractivity contribution in [2.24, 2.45) is 5.73 Å². The zero-order valence-electron chi connectivity index (χ0n) is 8.77. The molecule has 0 saturated heterocycles. The molecule has 0 unspecified atom stereocenters. The molecule has 0 aromatic heterocycles. The van der Waals surface area contributed by atoms with Gasteiger partial charge in [0.25, 0.3) is 0 Å². The van der Waals surface area contributed by atoms with E-state index in [4.69, 9.17) is 40.5 Å². The van der Waals surface area contributed by atoms with Gasteiger partial charge < -0.3 is 11.1 Å². The van der Waals surface area contributed by atoms with Crippen LogP contribution in [-0.4, -0.2) is 11.4 Å². The fourth-order valence-electron chi connectivity index (χ4n) is 0.936. The van der Waals surface area contributed by atoms with Crippen molar-refractivity contribution in [3.63, 3.8) is 0 Å². The molecule has 0 heterocycles. The van der Waals surface area contributed by atoms with Gasteiger partial charge in [-0.25, -0.2) is 0 Å². The Hall–Kier alpha value is -0.480. The molecule has 3 N–H and O–H groups in total. The molecule has 16 heavy (non-hydrogen) atoms. The minimum atomic E-state index is -1.01. The maximum absolute atomic E-state index is 11.6. The first-order chi connectivity index (χ1) is 7.21. The molecular weight excluding hydrogens is 270 g/mol. The lowest BCUT2D eigenvalue weighted by atomic mass is 10.1. The standard InChI is InChI=1S/C10H11Cl3N2O/c1-10(2,14)9(16)15-8-6(12)3-5(11)4-7(8)13/h3-4H,14H2,1-2H3,(H,15,16). The van der Waals surface area contributed by atoms with Crippen LogP contribution in [0, 0.1) is 0 Å². The Labute approximate surface area is 109 Å². The minimum absolute atomic E-state index is 0.273. The smallest absolute Gasteiger partial charge is 0.243 e. The molecule has 0 radical (unpaired) electrons. The first kappa shape index (κ1) is 13.6. The van der Waals surface area contributed by atoms with Crippen LogP contribution in [0.25, 0.3) is 0 Å². The van der Waals surface area contributed by atoms with E-state index in [1.165, 1.54) is 12.1 Å². The third-order valence-corrected chi connectivity index (χ3v) is 2.65. The van der Waals surface area contributed by atoms with E-state index in [-0.39, 0.29) is 16.0 Å². The van der Waals surface area contributed by atoms with Crippen LogP contribution in [0.15, 0.2) is 12.1 Å². The highest BCUT2D eigenvalue weighted by Crippen LogP contribution is 2.33. The number of carbonyl (C=O) groups excluding carboxylic acids is 1. The van der Waals surface area contributed by atoms with E-state index in [2.05, 4.69) is 5.32 Å². The molecule has 3 nitrogen and oxygen atoms in total. The van der Waals surface area contributed by atoms with Crippen LogP contribution in [0.1, 0.15) is 13.8 Å². The average molecular weight is 282 g/mol. The van der Waals surface area contributed by atoms with Crippen LogP contribution in [0.2, 0.25) is 15.1 Å². The van der Waals surface area contributed by atoms with Gasteiger partial charge in [0.15, 0.2) is 0 Å². The maximum atomic E-state index is 11.6.